The normalized spacial score (nSPS) is 18.1. The van der Waals surface area contributed by atoms with Crippen LogP contribution in [-0.2, 0) is 9.47 Å². The average Bonchev–Trinajstić information content (AvgIpc) is 2.75. The van der Waals surface area contributed by atoms with Crippen molar-refractivity contribution >= 4 is 17.7 Å². The van der Waals surface area contributed by atoms with Crippen LogP contribution in [-0.4, -0.2) is 60.5 Å². The van der Waals surface area contributed by atoms with Gasteiger partial charge in [0.1, 0.15) is 5.82 Å². The number of primary amides is 1. The summed E-state index contributed by atoms with van der Waals surface area (Å²) in [6.07, 6.45) is 1.82. The molecule has 0 spiro atoms. The fraction of sp³-hybridized carbons (Fsp3) is 0.474. The Morgan fingerprint density at radius 2 is 1.68 bits per heavy atom. The summed E-state index contributed by atoms with van der Waals surface area (Å²) in [6.45, 7) is 4.32. The molecule has 2 amide bonds. The van der Waals surface area contributed by atoms with Crippen molar-refractivity contribution in [3.63, 3.8) is 0 Å². The van der Waals surface area contributed by atoms with E-state index in [1.165, 1.54) is 0 Å². The number of anilines is 2. The van der Waals surface area contributed by atoms with Gasteiger partial charge in [0, 0.05) is 43.5 Å². The lowest BCUT2D eigenvalue weighted by Crippen LogP contribution is -2.37. The lowest BCUT2D eigenvalue weighted by atomic mass is 9.99. The molecule has 3 N–H and O–H groups in total. The number of benzene rings is 1. The second kappa shape index (κ2) is 8.49. The van der Waals surface area contributed by atoms with Crippen LogP contribution in [0.3, 0.4) is 0 Å². The Kier molecular flexibility index (Phi) is 5.63. The lowest BCUT2D eigenvalue weighted by molar-refractivity contribution is 0.0835. The predicted octanol–water partition coefficient (Wildman–Crippen LogP) is 1.76. The number of urea groups is 1. The quantitative estimate of drug-likeness (QED) is 0.825. The predicted molar refractivity (Wildman–Crippen MR) is 104 cm³/mol. The summed E-state index contributed by atoms with van der Waals surface area (Å²) in [4.78, 5) is 27.4. The Balaban J connectivity index is 1.67. The molecular formula is C19H24N6O3. The van der Waals surface area contributed by atoms with E-state index in [2.05, 4.69) is 10.2 Å². The standard InChI is InChI=1S/C19H24N6O3/c20-18(26)21-15-3-1-13(2-4-15)16-22-17(14-5-9-27-10-6-14)24-19(23-16)25-7-11-28-12-8-25/h1-4,14H,5-12H2,(H3,20,21,26). The third kappa shape index (κ3) is 4.37. The Hall–Kier alpha value is -2.78. The van der Waals surface area contributed by atoms with Crippen LogP contribution in [0, 0.1) is 0 Å². The Bertz CT molecular complexity index is 781. The maximum Gasteiger partial charge on any atom is 0.316 e. The van der Waals surface area contributed by atoms with Gasteiger partial charge in [0.15, 0.2) is 5.82 Å². The molecule has 2 aliphatic heterocycles. The number of carbonyl (C=O) groups excluding carboxylic acids is 1. The van der Waals surface area contributed by atoms with Gasteiger partial charge in [-0.15, -0.1) is 0 Å². The van der Waals surface area contributed by atoms with Gasteiger partial charge >= 0.3 is 6.03 Å². The first-order chi connectivity index (χ1) is 13.7. The van der Waals surface area contributed by atoms with E-state index in [-0.39, 0.29) is 5.92 Å². The molecule has 0 radical (unpaired) electrons. The van der Waals surface area contributed by atoms with Crippen LogP contribution >= 0.6 is 0 Å². The van der Waals surface area contributed by atoms with Crippen LogP contribution in [0.15, 0.2) is 24.3 Å². The molecule has 9 nitrogen and oxygen atoms in total. The van der Waals surface area contributed by atoms with Gasteiger partial charge in [-0.1, -0.05) is 0 Å². The topological polar surface area (TPSA) is 115 Å². The van der Waals surface area contributed by atoms with Crippen molar-refractivity contribution in [1.29, 1.82) is 0 Å². The van der Waals surface area contributed by atoms with E-state index in [9.17, 15) is 4.79 Å². The number of nitrogens with one attached hydrogen (secondary N) is 1. The van der Waals surface area contributed by atoms with Crippen LogP contribution in [0.5, 0.6) is 0 Å². The van der Waals surface area contributed by atoms with Crippen molar-refractivity contribution in [2.24, 2.45) is 5.73 Å². The minimum absolute atomic E-state index is 0.270. The minimum Gasteiger partial charge on any atom is -0.381 e. The summed E-state index contributed by atoms with van der Waals surface area (Å²) in [5.74, 6) is 2.40. The van der Waals surface area contributed by atoms with Gasteiger partial charge in [0.25, 0.3) is 0 Å². The third-order valence-corrected chi connectivity index (χ3v) is 4.93. The smallest absolute Gasteiger partial charge is 0.316 e. The minimum atomic E-state index is -0.593. The van der Waals surface area contributed by atoms with Crippen LogP contribution in [0.4, 0.5) is 16.4 Å². The molecule has 1 aromatic carbocycles. The highest BCUT2D eigenvalue weighted by Crippen LogP contribution is 2.28. The monoisotopic (exact) mass is 384 g/mol. The first-order valence-corrected chi connectivity index (χ1v) is 9.52. The van der Waals surface area contributed by atoms with Crippen LogP contribution in [0.25, 0.3) is 11.4 Å². The highest BCUT2D eigenvalue weighted by Gasteiger charge is 2.23. The molecule has 1 aromatic heterocycles. The summed E-state index contributed by atoms with van der Waals surface area (Å²) >= 11 is 0. The molecule has 0 bridgehead atoms. The fourth-order valence-corrected chi connectivity index (χ4v) is 3.40. The molecule has 3 heterocycles. The summed E-state index contributed by atoms with van der Waals surface area (Å²) in [6, 6.07) is 6.72. The summed E-state index contributed by atoms with van der Waals surface area (Å²) in [7, 11) is 0. The zero-order valence-corrected chi connectivity index (χ0v) is 15.6. The molecule has 4 rings (SSSR count). The Morgan fingerprint density at radius 3 is 2.36 bits per heavy atom. The average molecular weight is 384 g/mol. The Morgan fingerprint density at radius 1 is 1.00 bits per heavy atom. The molecule has 0 aliphatic carbocycles. The van der Waals surface area contributed by atoms with E-state index in [1.807, 2.05) is 12.1 Å². The van der Waals surface area contributed by atoms with Gasteiger partial charge in [-0.2, -0.15) is 9.97 Å². The van der Waals surface area contributed by atoms with E-state index in [0.29, 0.717) is 30.7 Å². The van der Waals surface area contributed by atoms with Gasteiger partial charge in [-0.05, 0) is 37.1 Å². The molecule has 0 atom stereocenters. The van der Waals surface area contributed by atoms with Gasteiger partial charge in [0.05, 0.1) is 13.2 Å². The molecule has 9 heteroatoms. The van der Waals surface area contributed by atoms with E-state index in [0.717, 1.165) is 50.5 Å². The van der Waals surface area contributed by atoms with Crippen molar-refractivity contribution in [1.82, 2.24) is 15.0 Å². The highest BCUT2D eigenvalue weighted by atomic mass is 16.5. The van der Waals surface area contributed by atoms with E-state index in [1.54, 1.807) is 12.1 Å². The number of rotatable bonds is 4. The van der Waals surface area contributed by atoms with Gasteiger partial charge in [-0.3, -0.25) is 0 Å². The highest BCUT2D eigenvalue weighted by molar-refractivity contribution is 5.88. The summed E-state index contributed by atoms with van der Waals surface area (Å²) < 4.78 is 10.9. The molecule has 2 fully saturated rings. The van der Waals surface area contributed by atoms with Gasteiger partial charge < -0.3 is 25.4 Å². The van der Waals surface area contributed by atoms with E-state index in [4.69, 9.17) is 30.2 Å². The first kappa shape index (κ1) is 18.6. The largest absolute Gasteiger partial charge is 0.381 e. The third-order valence-electron chi connectivity index (χ3n) is 4.93. The van der Waals surface area contributed by atoms with Crippen LogP contribution < -0.4 is 16.0 Å². The zero-order valence-electron chi connectivity index (χ0n) is 15.6. The van der Waals surface area contributed by atoms with Crippen molar-refractivity contribution < 1.29 is 14.3 Å². The molecule has 0 saturated carbocycles. The van der Waals surface area contributed by atoms with Crippen molar-refractivity contribution in [3.05, 3.63) is 30.1 Å². The van der Waals surface area contributed by atoms with Crippen molar-refractivity contribution in [3.8, 4) is 11.4 Å². The van der Waals surface area contributed by atoms with Gasteiger partial charge in [-0.25, -0.2) is 9.78 Å². The lowest BCUT2D eigenvalue weighted by Gasteiger charge is -2.28. The molecule has 148 valence electrons. The number of nitrogens with zero attached hydrogens (tertiary/aromatic N) is 4. The number of morpholine rings is 1. The number of nitrogens with two attached hydrogens (primary N) is 1. The molecule has 2 aromatic rings. The van der Waals surface area contributed by atoms with Crippen LogP contribution in [0.1, 0.15) is 24.6 Å². The van der Waals surface area contributed by atoms with E-state index < -0.39 is 6.03 Å². The van der Waals surface area contributed by atoms with Crippen molar-refractivity contribution in [2.45, 2.75) is 18.8 Å². The van der Waals surface area contributed by atoms with Crippen LogP contribution in [0.2, 0.25) is 0 Å². The molecule has 0 unspecified atom stereocenters. The second-order valence-electron chi connectivity index (χ2n) is 6.87. The molecular weight excluding hydrogens is 360 g/mol. The zero-order chi connectivity index (χ0) is 19.3. The molecule has 2 saturated heterocycles. The van der Waals surface area contributed by atoms with E-state index >= 15 is 0 Å². The number of aromatic nitrogens is 3. The van der Waals surface area contributed by atoms with Crippen molar-refractivity contribution in [2.75, 3.05) is 49.7 Å². The maximum atomic E-state index is 11.0. The fourth-order valence-electron chi connectivity index (χ4n) is 3.40. The number of hydrogen-bond donors (Lipinski definition) is 2. The number of carbonyl (C=O) groups is 1. The molecule has 28 heavy (non-hydrogen) atoms. The SMILES string of the molecule is NC(=O)Nc1ccc(-c2nc(C3CCOCC3)nc(N3CCOCC3)n2)cc1. The number of hydrogen-bond acceptors (Lipinski definition) is 7. The molecule has 2 aliphatic rings. The Labute approximate surface area is 163 Å². The first-order valence-electron chi connectivity index (χ1n) is 9.52. The maximum absolute atomic E-state index is 11.0. The van der Waals surface area contributed by atoms with Gasteiger partial charge in [0.2, 0.25) is 5.95 Å². The number of amides is 2. The summed E-state index contributed by atoms with van der Waals surface area (Å²) in [5.41, 5.74) is 6.66. The summed E-state index contributed by atoms with van der Waals surface area (Å²) in [5, 5.41) is 2.56. The second-order valence-corrected chi connectivity index (χ2v) is 6.87. The number of ether oxygens (including phenoxy) is 2.